The lowest BCUT2D eigenvalue weighted by Crippen LogP contribution is -2.25. The van der Waals surface area contributed by atoms with Crippen LogP contribution in [0.3, 0.4) is 0 Å². The van der Waals surface area contributed by atoms with Gasteiger partial charge in [-0.25, -0.2) is 0 Å². The molecule has 0 amide bonds. The summed E-state index contributed by atoms with van der Waals surface area (Å²) in [5.74, 6) is 0.0962. The summed E-state index contributed by atoms with van der Waals surface area (Å²) in [5, 5.41) is 0.739. The Labute approximate surface area is 193 Å². The van der Waals surface area contributed by atoms with Gasteiger partial charge in [-0.3, -0.25) is 0 Å². The molecule has 32 heavy (non-hydrogen) atoms. The van der Waals surface area contributed by atoms with Crippen molar-refractivity contribution in [2.75, 3.05) is 10.6 Å². The number of nitrogen functional groups attached to an aromatic ring is 1. The lowest BCUT2D eigenvalue weighted by molar-refractivity contribution is 1.05. The molecule has 5 rings (SSSR count). The van der Waals surface area contributed by atoms with E-state index in [2.05, 4.69) is 83.8 Å². The zero-order chi connectivity index (χ0) is 21.9. The third-order valence-corrected chi connectivity index (χ3v) is 5.98. The fourth-order valence-corrected chi connectivity index (χ4v) is 4.29. The van der Waals surface area contributed by atoms with E-state index in [4.69, 9.17) is 17.3 Å². The first-order valence-electron chi connectivity index (χ1n) is 10.7. The molecule has 0 atom stereocenters. The van der Waals surface area contributed by atoms with Crippen molar-refractivity contribution >= 4 is 34.4 Å². The molecule has 1 aliphatic rings. The van der Waals surface area contributed by atoms with Gasteiger partial charge < -0.3 is 10.6 Å². The molecular weight excluding hydrogens is 412 g/mol. The highest BCUT2D eigenvalue weighted by molar-refractivity contribution is 6.30. The van der Waals surface area contributed by atoms with Gasteiger partial charge in [-0.15, -0.1) is 0 Å². The number of nitrogens with zero attached hydrogens (tertiary/aromatic N) is 1. The fraction of sp³-hybridized carbons (Fsp3) is 0.0345. The summed E-state index contributed by atoms with van der Waals surface area (Å²) in [6.45, 7) is 0. The van der Waals surface area contributed by atoms with E-state index >= 15 is 0 Å². The minimum absolute atomic E-state index is 0.0962. The molecule has 0 saturated carbocycles. The molecule has 0 aliphatic carbocycles. The van der Waals surface area contributed by atoms with Gasteiger partial charge in [0, 0.05) is 10.9 Å². The minimum Gasteiger partial charge on any atom is -0.397 e. The molecule has 2 N–H and O–H groups in total. The number of anilines is 2. The second-order valence-electron chi connectivity index (χ2n) is 7.81. The molecular formula is C29H23ClN2. The van der Waals surface area contributed by atoms with Crippen LogP contribution in [-0.4, -0.2) is 0 Å². The van der Waals surface area contributed by atoms with Crippen molar-refractivity contribution in [1.29, 1.82) is 0 Å². The van der Waals surface area contributed by atoms with Gasteiger partial charge in [-0.1, -0.05) is 96.5 Å². The minimum atomic E-state index is 0.0962. The number of allylic oxidation sites excluding steroid dienone is 2. The fourth-order valence-electron chi connectivity index (χ4n) is 4.16. The maximum atomic E-state index is 6.48. The van der Waals surface area contributed by atoms with Crippen LogP contribution in [0.15, 0.2) is 121 Å². The summed E-state index contributed by atoms with van der Waals surface area (Å²) >= 11 is 6.17. The SMILES string of the molecule is Nc1ccccc1N1C(c2ccccc2)=CC(c2ccc(Cl)cc2)C=C1c1ccccc1. The molecule has 1 heterocycles. The van der Waals surface area contributed by atoms with E-state index in [1.54, 1.807) is 0 Å². The highest BCUT2D eigenvalue weighted by Crippen LogP contribution is 2.43. The van der Waals surface area contributed by atoms with E-state index in [0.29, 0.717) is 0 Å². The second kappa shape index (κ2) is 8.78. The quantitative estimate of drug-likeness (QED) is 0.335. The monoisotopic (exact) mass is 434 g/mol. The Morgan fingerprint density at radius 1 is 0.594 bits per heavy atom. The van der Waals surface area contributed by atoms with Gasteiger partial charge in [0.25, 0.3) is 0 Å². The average molecular weight is 435 g/mol. The number of benzene rings is 4. The Hall–Kier alpha value is -3.75. The van der Waals surface area contributed by atoms with Crippen molar-refractivity contribution in [3.63, 3.8) is 0 Å². The molecule has 0 fully saturated rings. The Kier molecular flexibility index (Phi) is 5.53. The lowest BCUT2D eigenvalue weighted by Gasteiger charge is -2.36. The standard InChI is InChI=1S/C29H23ClN2/c30-25-17-15-21(16-18-25)24-19-28(22-9-3-1-4-10-22)32(27-14-8-7-13-26(27)31)29(20-24)23-11-5-2-6-12-23/h1-20,24H,31H2. The van der Waals surface area contributed by atoms with Gasteiger partial charge in [-0.05, 0) is 53.1 Å². The van der Waals surface area contributed by atoms with E-state index in [1.807, 2.05) is 42.5 Å². The Bertz CT molecular complexity index is 1220. The van der Waals surface area contributed by atoms with Crippen LogP contribution < -0.4 is 10.6 Å². The van der Waals surface area contributed by atoms with Crippen LogP contribution in [0.25, 0.3) is 11.4 Å². The first-order valence-corrected chi connectivity index (χ1v) is 11.0. The van der Waals surface area contributed by atoms with E-state index in [1.165, 1.54) is 5.56 Å². The molecule has 0 spiro atoms. The normalized spacial score (nSPS) is 14.1. The molecule has 0 aromatic heterocycles. The number of hydrogen-bond acceptors (Lipinski definition) is 2. The van der Waals surface area contributed by atoms with E-state index in [-0.39, 0.29) is 5.92 Å². The van der Waals surface area contributed by atoms with Gasteiger partial charge in [0.05, 0.1) is 22.8 Å². The number of para-hydroxylation sites is 2. The molecule has 0 radical (unpaired) electrons. The van der Waals surface area contributed by atoms with Gasteiger partial charge in [0.1, 0.15) is 0 Å². The van der Waals surface area contributed by atoms with Crippen molar-refractivity contribution in [1.82, 2.24) is 0 Å². The van der Waals surface area contributed by atoms with Crippen molar-refractivity contribution < 1.29 is 0 Å². The van der Waals surface area contributed by atoms with Gasteiger partial charge in [0.15, 0.2) is 0 Å². The predicted octanol–water partition coefficient (Wildman–Crippen LogP) is 7.61. The zero-order valence-electron chi connectivity index (χ0n) is 17.5. The second-order valence-corrected chi connectivity index (χ2v) is 8.24. The summed E-state index contributed by atoms with van der Waals surface area (Å²) in [6, 6.07) is 37.0. The van der Waals surface area contributed by atoms with Crippen molar-refractivity contribution in [2.24, 2.45) is 0 Å². The van der Waals surface area contributed by atoms with Crippen molar-refractivity contribution in [2.45, 2.75) is 5.92 Å². The third kappa shape index (κ3) is 3.93. The molecule has 4 aromatic rings. The van der Waals surface area contributed by atoms with Crippen LogP contribution in [0.4, 0.5) is 11.4 Å². The largest absolute Gasteiger partial charge is 0.397 e. The molecule has 1 aliphatic heterocycles. The topological polar surface area (TPSA) is 29.3 Å². The van der Waals surface area contributed by atoms with Crippen LogP contribution >= 0.6 is 11.6 Å². The summed E-state index contributed by atoms with van der Waals surface area (Å²) < 4.78 is 0. The number of hydrogen-bond donors (Lipinski definition) is 1. The Balaban J connectivity index is 1.75. The molecule has 0 unspecified atom stereocenters. The molecule has 156 valence electrons. The van der Waals surface area contributed by atoms with Crippen molar-refractivity contribution in [3.05, 3.63) is 143 Å². The molecule has 4 aromatic carbocycles. The van der Waals surface area contributed by atoms with E-state index in [0.717, 1.165) is 38.9 Å². The Morgan fingerprint density at radius 3 is 1.62 bits per heavy atom. The van der Waals surface area contributed by atoms with Crippen LogP contribution in [-0.2, 0) is 0 Å². The first kappa shape index (κ1) is 20.2. The summed E-state index contributed by atoms with van der Waals surface area (Å²) in [7, 11) is 0. The zero-order valence-corrected chi connectivity index (χ0v) is 18.3. The maximum Gasteiger partial charge on any atom is 0.0691 e. The summed E-state index contributed by atoms with van der Waals surface area (Å²) in [6.07, 6.45) is 4.61. The van der Waals surface area contributed by atoms with Gasteiger partial charge >= 0.3 is 0 Å². The molecule has 0 saturated heterocycles. The van der Waals surface area contributed by atoms with Crippen LogP contribution in [0, 0.1) is 0 Å². The molecule has 3 heteroatoms. The predicted molar refractivity (Wildman–Crippen MR) is 136 cm³/mol. The number of rotatable bonds is 4. The smallest absolute Gasteiger partial charge is 0.0691 e. The average Bonchev–Trinajstić information content (AvgIpc) is 2.85. The maximum absolute atomic E-state index is 6.48. The number of halogens is 1. The summed E-state index contributed by atoms with van der Waals surface area (Å²) in [4.78, 5) is 2.27. The van der Waals surface area contributed by atoms with E-state index in [9.17, 15) is 0 Å². The van der Waals surface area contributed by atoms with E-state index < -0.39 is 0 Å². The summed E-state index contributed by atoms with van der Waals surface area (Å²) in [5.41, 5.74) is 13.9. The first-order chi connectivity index (χ1) is 15.7. The van der Waals surface area contributed by atoms with Crippen LogP contribution in [0.2, 0.25) is 5.02 Å². The van der Waals surface area contributed by atoms with Gasteiger partial charge in [-0.2, -0.15) is 0 Å². The van der Waals surface area contributed by atoms with Crippen LogP contribution in [0.5, 0.6) is 0 Å². The molecule has 0 bridgehead atoms. The third-order valence-electron chi connectivity index (χ3n) is 5.73. The highest BCUT2D eigenvalue weighted by Gasteiger charge is 2.27. The van der Waals surface area contributed by atoms with Crippen molar-refractivity contribution in [3.8, 4) is 0 Å². The van der Waals surface area contributed by atoms with Crippen LogP contribution in [0.1, 0.15) is 22.6 Å². The Morgan fingerprint density at radius 2 is 1.09 bits per heavy atom. The highest BCUT2D eigenvalue weighted by atomic mass is 35.5. The number of nitrogens with two attached hydrogens (primary N) is 1. The lowest BCUT2D eigenvalue weighted by atomic mass is 9.89. The van der Waals surface area contributed by atoms with Gasteiger partial charge in [0.2, 0.25) is 0 Å². The molecule has 2 nitrogen and oxygen atoms in total.